The Morgan fingerprint density at radius 3 is 1.88 bits per heavy atom. The van der Waals surface area contributed by atoms with Gasteiger partial charge in [0.05, 0.1) is 34.8 Å². The zero-order valence-electron chi connectivity index (χ0n) is 28.4. The highest BCUT2D eigenvalue weighted by Gasteiger charge is 2.29. The molecule has 9 aromatic rings. The molecule has 3 N–H and O–H groups in total. The van der Waals surface area contributed by atoms with Gasteiger partial charge >= 0.3 is 0 Å². The van der Waals surface area contributed by atoms with Crippen molar-refractivity contribution >= 4 is 60.4 Å². The molecule has 0 amide bonds. The van der Waals surface area contributed by atoms with Crippen molar-refractivity contribution in [3.8, 4) is 27.9 Å². The number of hydrogen-bond acceptors (Lipinski definition) is 3. The van der Waals surface area contributed by atoms with Crippen LogP contribution in [-0.2, 0) is 6.42 Å². The Kier molecular flexibility index (Phi) is 6.81. The molecule has 0 radical (unpaired) electrons. The normalized spacial score (nSPS) is 11.8. The lowest BCUT2D eigenvalue weighted by Crippen LogP contribution is -2.14. The fourth-order valence-corrected chi connectivity index (χ4v) is 8.49. The lowest BCUT2D eigenvalue weighted by molar-refractivity contribution is 1.17. The standard InChI is InChI=1S/C47H36N4/c1-48-39-24-9-10-25-40(39)49-29-50-41-26-13-27-42-45(41)43-31(28-30-14-3-2-4-15-30)16-11-21-35(43)37-22-12-23-38-44-34-19-7-5-17-32(34)33-18-6-8-20-36(33)47(44)51(42)46(37)38/h2-27,48-50H,28-29H2,1H3. The highest BCUT2D eigenvalue weighted by atomic mass is 15.1. The lowest BCUT2D eigenvalue weighted by Gasteiger charge is -2.22. The van der Waals surface area contributed by atoms with E-state index < -0.39 is 0 Å². The van der Waals surface area contributed by atoms with E-state index in [-0.39, 0.29) is 0 Å². The van der Waals surface area contributed by atoms with E-state index in [1.165, 1.54) is 82.4 Å². The first-order valence-corrected chi connectivity index (χ1v) is 17.7. The van der Waals surface area contributed by atoms with E-state index in [4.69, 9.17) is 0 Å². The summed E-state index contributed by atoms with van der Waals surface area (Å²) in [5, 5.41) is 18.5. The summed E-state index contributed by atoms with van der Waals surface area (Å²) in [5.41, 5.74) is 14.5. The summed E-state index contributed by atoms with van der Waals surface area (Å²) in [7, 11) is 1.96. The average molecular weight is 657 g/mol. The van der Waals surface area contributed by atoms with Crippen LogP contribution in [0.5, 0.6) is 0 Å². The van der Waals surface area contributed by atoms with Crippen molar-refractivity contribution in [3.63, 3.8) is 0 Å². The molecule has 1 aliphatic heterocycles. The van der Waals surface area contributed by atoms with Gasteiger partial charge in [-0.3, -0.25) is 0 Å². The highest BCUT2D eigenvalue weighted by Crippen LogP contribution is 2.52. The van der Waals surface area contributed by atoms with Crippen LogP contribution in [0.1, 0.15) is 11.1 Å². The number of para-hydroxylation sites is 3. The molecule has 0 atom stereocenters. The molecule has 1 aliphatic rings. The van der Waals surface area contributed by atoms with E-state index in [1.54, 1.807) is 0 Å². The van der Waals surface area contributed by atoms with Gasteiger partial charge in [-0.1, -0.05) is 133 Å². The monoisotopic (exact) mass is 656 g/mol. The number of aromatic nitrogens is 1. The van der Waals surface area contributed by atoms with Crippen molar-refractivity contribution in [1.29, 1.82) is 0 Å². The molecule has 0 aliphatic carbocycles. The van der Waals surface area contributed by atoms with E-state index in [0.29, 0.717) is 6.67 Å². The number of fused-ring (bicyclic) bond motifs is 13. The third kappa shape index (κ3) is 4.53. The Balaban J connectivity index is 1.30. The zero-order chi connectivity index (χ0) is 33.9. The van der Waals surface area contributed by atoms with Crippen molar-refractivity contribution in [2.24, 2.45) is 0 Å². The molecule has 0 bridgehead atoms. The van der Waals surface area contributed by atoms with Gasteiger partial charge in [-0.25, -0.2) is 0 Å². The van der Waals surface area contributed by atoms with Gasteiger partial charge in [0.25, 0.3) is 0 Å². The van der Waals surface area contributed by atoms with E-state index in [2.05, 4.69) is 178 Å². The van der Waals surface area contributed by atoms with Gasteiger partial charge in [-0.2, -0.15) is 0 Å². The smallest absolute Gasteiger partial charge is 0.0850 e. The largest absolute Gasteiger partial charge is 0.386 e. The van der Waals surface area contributed by atoms with Crippen LogP contribution >= 0.6 is 0 Å². The maximum atomic E-state index is 3.85. The van der Waals surface area contributed by atoms with Crippen molar-refractivity contribution in [2.45, 2.75) is 6.42 Å². The Morgan fingerprint density at radius 2 is 1.06 bits per heavy atom. The highest BCUT2D eigenvalue weighted by molar-refractivity contribution is 6.33. The summed E-state index contributed by atoms with van der Waals surface area (Å²) >= 11 is 0. The van der Waals surface area contributed by atoms with Crippen LogP contribution in [-0.4, -0.2) is 18.3 Å². The van der Waals surface area contributed by atoms with Gasteiger partial charge in [0, 0.05) is 40.0 Å². The minimum absolute atomic E-state index is 0.563. The van der Waals surface area contributed by atoms with Crippen LogP contribution in [0.2, 0.25) is 0 Å². The first-order valence-electron chi connectivity index (χ1n) is 17.7. The predicted molar refractivity (Wildman–Crippen MR) is 218 cm³/mol. The zero-order valence-corrected chi connectivity index (χ0v) is 28.4. The van der Waals surface area contributed by atoms with Crippen LogP contribution in [0.25, 0.3) is 71.3 Å². The summed E-state index contributed by atoms with van der Waals surface area (Å²) in [6.07, 6.45) is 0.838. The quantitative estimate of drug-likeness (QED) is 0.118. The van der Waals surface area contributed by atoms with Gasteiger partial charge in [-0.15, -0.1) is 0 Å². The van der Waals surface area contributed by atoms with E-state index in [1.807, 2.05) is 7.05 Å². The Bertz CT molecular complexity index is 2790. The number of anilines is 3. The molecule has 8 aromatic carbocycles. The SMILES string of the molecule is CNc1ccccc1NCNc1cccc2c1-c1c(Cc3ccccc3)cccc1-c1cccc3c4c5ccccc5c5ccccc5c4n-2c13. The molecule has 0 fully saturated rings. The first kappa shape index (κ1) is 29.4. The molecule has 1 aromatic heterocycles. The topological polar surface area (TPSA) is 41.0 Å². The van der Waals surface area contributed by atoms with Crippen LogP contribution in [0.15, 0.2) is 158 Å². The fourth-order valence-electron chi connectivity index (χ4n) is 8.49. The van der Waals surface area contributed by atoms with Crippen LogP contribution < -0.4 is 16.0 Å². The van der Waals surface area contributed by atoms with Gasteiger partial charge in [-0.05, 0) is 69.1 Å². The Hall–Kier alpha value is -6.52. The molecular formula is C47H36N4. The minimum atomic E-state index is 0.563. The first-order chi connectivity index (χ1) is 25.3. The van der Waals surface area contributed by atoms with Crippen molar-refractivity contribution in [1.82, 2.24) is 4.57 Å². The number of hydrogen-bond donors (Lipinski definition) is 3. The number of nitrogens with one attached hydrogen (secondary N) is 3. The third-order valence-corrected chi connectivity index (χ3v) is 10.6. The molecular weight excluding hydrogens is 621 g/mol. The van der Waals surface area contributed by atoms with Crippen LogP contribution in [0.3, 0.4) is 0 Å². The van der Waals surface area contributed by atoms with Crippen molar-refractivity contribution in [3.05, 3.63) is 169 Å². The average Bonchev–Trinajstić information content (AvgIpc) is 3.48. The summed E-state index contributed by atoms with van der Waals surface area (Å²) in [6, 6.07) is 57.5. The predicted octanol–water partition coefficient (Wildman–Crippen LogP) is 11.9. The Labute approximate surface area is 297 Å². The molecule has 0 saturated heterocycles. The third-order valence-electron chi connectivity index (χ3n) is 10.6. The Morgan fingerprint density at radius 1 is 0.451 bits per heavy atom. The molecule has 0 saturated carbocycles. The molecule has 2 heterocycles. The van der Waals surface area contributed by atoms with Gasteiger partial charge in [0.1, 0.15) is 0 Å². The molecule has 0 spiro atoms. The van der Waals surface area contributed by atoms with E-state index in [0.717, 1.165) is 23.5 Å². The van der Waals surface area contributed by atoms with Crippen LogP contribution in [0.4, 0.5) is 17.1 Å². The van der Waals surface area contributed by atoms with Crippen LogP contribution in [0, 0.1) is 0 Å². The summed E-state index contributed by atoms with van der Waals surface area (Å²) in [5.74, 6) is 0. The minimum Gasteiger partial charge on any atom is -0.386 e. The maximum Gasteiger partial charge on any atom is 0.0850 e. The van der Waals surface area contributed by atoms with Crippen molar-refractivity contribution in [2.75, 3.05) is 29.7 Å². The number of benzene rings is 8. The fraction of sp³-hybridized carbons (Fsp3) is 0.0638. The lowest BCUT2D eigenvalue weighted by atomic mass is 9.86. The van der Waals surface area contributed by atoms with Gasteiger partial charge in [0.2, 0.25) is 0 Å². The van der Waals surface area contributed by atoms with Crippen molar-refractivity contribution < 1.29 is 0 Å². The van der Waals surface area contributed by atoms with Gasteiger partial charge in [0.15, 0.2) is 0 Å². The van der Waals surface area contributed by atoms with Gasteiger partial charge < -0.3 is 20.5 Å². The molecule has 4 nitrogen and oxygen atoms in total. The molecule has 4 heteroatoms. The summed E-state index contributed by atoms with van der Waals surface area (Å²) < 4.78 is 2.57. The second-order valence-corrected chi connectivity index (χ2v) is 13.4. The second-order valence-electron chi connectivity index (χ2n) is 13.4. The molecule has 0 unspecified atom stereocenters. The maximum absolute atomic E-state index is 3.85. The molecule has 10 rings (SSSR count). The summed E-state index contributed by atoms with van der Waals surface area (Å²) in [4.78, 5) is 0. The summed E-state index contributed by atoms with van der Waals surface area (Å²) in [6.45, 7) is 0.563. The molecule has 244 valence electrons. The van der Waals surface area contributed by atoms with E-state index in [9.17, 15) is 0 Å². The number of nitrogens with zero attached hydrogens (tertiary/aromatic N) is 1. The second kappa shape index (κ2) is 11.8. The molecule has 51 heavy (non-hydrogen) atoms. The number of rotatable bonds is 7. The van der Waals surface area contributed by atoms with E-state index >= 15 is 0 Å².